The molecule has 2 aromatic carbocycles. The largest absolute Gasteiger partial charge is 0.444 e. The minimum atomic E-state index is -0.559. The van der Waals surface area contributed by atoms with E-state index in [1.165, 1.54) is 11.1 Å². The second-order valence-corrected chi connectivity index (χ2v) is 8.01. The maximum Gasteiger partial charge on any atom is 0.408 e. The standard InChI is InChI=1S/C24H31NO3/c1-24(2,3)28-23(27)25-18-21(26)16-10-11-17-22(19-12-6-4-7-13-19)20-14-8-5-9-15-20/h4-9,12-15,22H,10-11,16-18H2,1-3H3,(H,25,27). The Kier molecular flexibility index (Phi) is 8.24. The van der Waals surface area contributed by atoms with Crippen LogP contribution in [0.15, 0.2) is 60.7 Å². The molecule has 0 unspecified atom stereocenters. The first-order chi connectivity index (χ1) is 13.3. The molecule has 0 aromatic heterocycles. The van der Waals surface area contributed by atoms with Crippen LogP contribution in [0, 0.1) is 0 Å². The van der Waals surface area contributed by atoms with Gasteiger partial charge in [-0.15, -0.1) is 0 Å². The van der Waals surface area contributed by atoms with E-state index in [1.54, 1.807) is 20.8 Å². The number of ether oxygens (including phenoxy) is 1. The Balaban J connectivity index is 1.78. The molecule has 2 rings (SSSR count). The van der Waals surface area contributed by atoms with Crippen molar-refractivity contribution in [3.05, 3.63) is 71.8 Å². The highest BCUT2D eigenvalue weighted by Gasteiger charge is 2.17. The first-order valence-electron chi connectivity index (χ1n) is 9.93. The van der Waals surface area contributed by atoms with Crippen molar-refractivity contribution in [2.24, 2.45) is 0 Å². The zero-order valence-electron chi connectivity index (χ0n) is 17.1. The highest BCUT2D eigenvalue weighted by atomic mass is 16.6. The van der Waals surface area contributed by atoms with Gasteiger partial charge >= 0.3 is 6.09 Å². The van der Waals surface area contributed by atoms with Crippen LogP contribution in [0.1, 0.15) is 63.5 Å². The molecule has 0 saturated heterocycles. The third-order valence-electron chi connectivity index (χ3n) is 4.43. The average molecular weight is 382 g/mol. The van der Waals surface area contributed by atoms with Gasteiger partial charge in [-0.25, -0.2) is 4.79 Å². The van der Waals surface area contributed by atoms with Crippen LogP contribution >= 0.6 is 0 Å². The number of unbranched alkanes of at least 4 members (excludes halogenated alkanes) is 1. The normalized spacial score (nSPS) is 11.3. The Morgan fingerprint density at radius 1 is 0.893 bits per heavy atom. The van der Waals surface area contributed by atoms with Crippen LogP contribution in [-0.4, -0.2) is 24.0 Å². The fraction of sp³-hybridized carbons (Fsp3) is 0.417. The highest BCUT2D eigenvalue weighted by molar-refractivity contribution is 5.83. The molecule has 0 saturated carbocycles. The average Bonchev–Trinajstić information content (AvgIpc) is 2.66. The Hall–Kier alpha value is -2.62. The van der Waals surface area contributed by atoms with Crippen LogP contribution in [-0.2, 0) is 9.53 Å². The van der Waals surface area contributed by atoms with Crippen LogP contribution in [0.25, 0.3) is 0 Å². The Labute approximate surface area is 168 Å². The quantitative estimate of drug-likeness (QED) is 0.586. The van der Waals surface area contributed by atoms with E-state index in [0.29, 0.717) is 12.3 Å². The van der Waals surface area contributed by atoms with Gasteiger partial charge in [-0.2, -0.15) is 0 Å². The summed E-state index contributed by atoms with van der Waals surface area (Å²) in [5.74, 6) is 0.360. The van der Waals surface area contributed by atoms with Crippen molar-refractivity contribution in [2.75, 3.05) is 6.54 Å². The monoisotopic (exact) mass is 381 g/mol. The molecule has 0 aliphatic rings. The smallest absolute Gasteiger partial charge is 0.408 e. The van der Waals surface area contributed by atoms with E-state index in [0.717, 1.165) is 19.3 Å². The number of carbonyl (C=O) groups is 2. The van der Waals surface area contributed by atoms with Crippen molar-refractivity contribution in [1.82, 2.24) is 5.32 Å². The number of nitrogens with one attached hydrogen (secondary N) is 1. The molecule has 2 aromatic rings. The summed E-state index contributed by atoms with van der Waals surface area (Å²) in [5, 5.41) is 2.53. The zero-order chi connectivity index (χ0) is 20.4. The molecule has 0 atom stereocenters. The summed E-state index contributed by atoms with van der Waals surface area (Å²) in [5.41, 5.74) is 2.04. The fourth-order valence-electron chi connectivity index (χ4n) is 3.14. The Morgan fingerprint density at radius 3 is 1.93 bits per heavy atom. The number of carbonyl (C=O) groups excluding carboxylic acids is 2. The topological polar surface area (TPSA) is 55.4 Å². The lowest BCUT2D eigenvalue weighted by atomic mass is 9.87. The molecule has 0 aliphatic heterocycles. The van der Waals surface area contributed by atoms with E-state index in [1.807, 2.05) is 12.1 Å². The van der Waals surface area contributed by atoms with Crippen molar-refractivity contribution >= 4 is 11.9 Å². The number of hydrogen-bond acceptors (Lipinski definition) is 3. The van der Waals surface area contributed by atoms with Gasteiger partial charge in [0.05, 0.1) is 6.54 Å². The van der Waals surface area contributed by atoms with E-state index in [-0.39, 0.29) is 12.3 Å². The van der Waals surface area contributed by atoms with Crippen molar-refractivity contribution in [1.29, 1.82) is 0 Å². The number of amides is 1. The van der Waals surface area contributed by atoms with E-state index in [2.05, 4.69) is 53.8 Å². The predicted octanol–water partition coefficient (Wildman–Crippen LogP) is 5.47. The lowest BCUT2D eigenvalue weighted by Gasteiger charge is -2.19. The van der Waals surface area contributed by atoms with Gasteiger partial charge in [-0.1, -0.05) is 67.1 Å². The van der Waals surface area contributed by atoms with Crippen LogP contribution in [0.4, 0.5) is 4.79 Å². The van der Waals surface area contributed by atoms with Crippen LogP contribution in [0.5, 0.6) is 0 Å². The molecule has 1 amide bonds. The van der Waals surface area contributed by atoms with Crippen LogP contribution < -0.4 is 5.32 Å². The van der Waals surface area contributed by atoms with Gasteiger partial charge in [0.1, 0.15) is 5.60 Å². The molecular formula is C24H31NO3. The van der Waals surface area contributed by atoms with Gasteiger partial charge < -0.3 is 10.1 Å². The molecule has 0 aliphatic carbocycles. The maximum atomic E-state index is 12.0. The molecule has 150 valence electrons. The van der Waals surface area contributed by atoms with Gasteiger partial charge in [-0.05, 0) is 44.7 Å². The minimum absolute atomic E-state index is 0.0235. The zero-order valence-corrected chi connectivity index (χ0v) is 17.1. The number of hydrogen-bond donors (Lipinski definition) is 1. The molecule has 0 spiro atoms. The Morgan fingerprint density at radius 2 is 1.43 bits per heavy atom. The Bertz CT molecular complexity index is 696. The van der Waals surface area contributed by atoms with E-state index in [4.69, 9.17) is 4.74 Å². The first kappa shape index (κ1) is 21.7. The molecule has 4 heteroatoms. The number of ketones is 1. The number of alkyl carbamates (subject to hydrolysis) is 1. The van der Waals surface area contributed by atoms with Gasteiger partial charge in [0, 0.05) is 12.3 Å². The van der Waals surface area contributed by atoms with Crippen molar-refractivity contribution in [2.45, 2.75) is 58.0 Å². The summed E-state index contributed by atoms with van der Waals surface area (Å²) in [6, 6.07) is 21.0. The van der Waals surface area contributed by atoms with E-state index >= 15 is 0 Å². The molecule has 4 nitrogen and oxygen atoms in total. The first-order valence-corrected chi connectivity index (χ1v) is 9.93. The molecule has 0 bridgehead atoms. The number of rotatable bonds is 9. The van der Waals surface area contributed by atoms with Crippen molar-refractivity contribution < 1.29 is 14.3 Å². The van der Waals surface area contributed by atoms with Gasteiger partial charge in [-0.3, -0.25) is 4.79 Å². The highest BCUT2D eigenvalue weighted by Crippen LogP contribution is 2.29. The third kappa shape index (κ3) is 7.95. The SMILES string of the molecule is CC(C)(C)OC(=O)NCC(=O)CCCCC(c1ccccc1)c1ccccc1. The number of benzene rings is 2. The van der Waals surface area contributed by atoms with Crippen LogP contribution in [0.3, 0.4) is 0 Å². The van der Waals surface area contributed by atoms with Crippen molar-refractivity contribution in [3.63, 3.8) is 0 Å². The van der Waals surface area contributed by atoms with E-state index in [9.17, 15) is 9.59 Å². The molecule has 0 radical (unpaired) electrons. The maximum absolute atomic E-state index is 12.0. The molecule has 1 N–H and O–H groups in total. The van der Waals surface area contributed by atoms with Crippen LogP contribution in [0.2, 0.25) is 0 Å². The lowest BCUT2D eigenvalue weighted by Crippen LogP contribution is -2.35. The summed E-state index contributed by atoms with van der Waals surface area (Å²) < 4.78 is 5.14. The predicted molar refractivity (Wildman–Crippen MR) is 112 cm³/mol. The summed E-state index contributed by atoms with van der Waals surface area (Å²) in [6.07, 6.45) is 2.67. The summed E-state index contributed by atoms with van der Waals surface area (Å²) in [4.78, 5) is 23.6. The van der Waals surface area contributed by atoms with Gasteiger partial charge in [0.15, 0.2) is 5.78 Å². The molecular weight excluding hydrogens is 350 g/mol. The summed E-state index contributed by atoms with van der Waals surface area (Å²) in [7, 11) is 0. The second kappa shape index (κ2) is 10.6. The molecule has 28 heavy (non-hydrogen) atoms. The number of Topliss-reactive ketones (excluding diaryl/α,β-unsaturated/α-hetero) is 1. The lowest BCUT2D eigenvalue weighted by molar-refractivity contribution is -0.118. The van der Waals surface area contributed by atoms with Gasteiger partial charge in [0.2, 0.25) is 0 Å². The fourth-order valence-corrected chi connectivity index (χ4v) is 3.14. The second-order valence-electron chi connectivity index (χ2n) is 8.01. The van der Waals surface area contributed by atoms with E-state index < -0.39 is 11.7 Å². The summed E-state index contributed by atoms with van der Waals surface area (Å²) >= 11 is 0. The summed E-state index contributed by atoms with van der Waals surface area (Å²) in [6.45, 7) is 5.41. The van der Waals surface area contributed by atoms with Crippen molar-refractivity contribution in [3.8, 4) is 0 Å². The van der Waals surface area contributed by atoms with Gasteiger partial charge in [0.25, 0.3) is 0 Å². The third-order valence-corrected chi connectivity index (χ3v) is 4.43. The molecule has 0 heterocycles. The molecule has 0 fully saturated rings. The minimum Gasteiger partial charge on any atom is -0.444 e.